The molecule has 0 aromatic carbocycles. The molecular weight excluding hydrogens is 300 g/mol. The molecule has 1 aromatic heterocycles. The fourth-order valence-electron chi connectivity index (χ4n) is 2.32. The summed E-state index contributed by atoms with van der Waals surface area (Å²) in [7, 11) is 0. The van der Waals surface area contributed by atoms with Crippen molar-refractivity contribution in [2.24, 2.45) is 11.7 Å². The second-order valence-electron chi connectivity index (χ2n) is 5.81. The van der Waals surface area contributed by atoms with E-state index < -0.39 is 6.04 Å². The molecule has 1 saturated heterocycles. The number of hydrogen-bond donors (Lipinski definition) is 2. The third-order valence-corrected chi connectivity index (χ3v) is 4.81. The summed E-state index contributed by atoms with van der Waals surface area (Å²) < 4.78 is 0. The summed E-state index contributed by atoms with van der Waals surface area (Å²) in [4.78, 5) is 28.0. The van der Waals surface area contributed by atoms with Crippen molar-refractivity contribution in [2.75, 3.05) is 37.6 Å². The lowest BCUT2D eigenvalue weighted by atomic mass is 10.1. The smallest absolute Gasteiger partial charge is 0.242 e. The molecule has 1 aliphatic heterocycles. The molecule has 3 N–H and O–H groups in total. The third kappa shape index (κ3) is 4.20. The Balaban J connectivity index is 1.74. The fraction of sp³-hybridized carbons (Fsp3) is 0.600. The Morgan fingerprint density at radius 3 is 2.55 bits per heavy atom. The van der Waals surface area contributed by atoms with Gasteiger partial charge in [0.05, 0.1) is 17.6 Å². The molecule has 1 atom stereocenters. The van der Waals surface area contributed by atoms with Gasteiger partial charge in [0.25, 0.3) is 0 Å². The molecule has 2 rings (SSSR count). The van der Waals surface area contributed by atoms with Crippen molar-refractivity contribution in [3.8, 4) is 0 Å². The first kappa shape index (κ1) is 16.8. The molecule has 0 aliphatic carbocycles. The minimum Gasteiger partial charge on any atom is -0.360 e. The Morgan fingerprint density at radius 1 is 1.32 bits per heavy atom. The fourth-order valence-corrected chi connectivity index (χ4v) is 3.11. The quantitative estimate of drug-likeness (QED) is 0.826. The first-order valence-corrected chi connectivity index (χ1v) is 8.46. The summed E-state index contributed by atoms with van der Waals surface area (Å²) in [6.07, 6.45) is 0. The molecule has 0 spiro atoms. The van der Waals surface area contributed by atoms with Crippen LogP contribution in [-0.4, -0.2) is 55.5 Å². The van der Waals surface area contributed by atoms with Gasteiger partial charge in [-0.25, -0.2) is 0 Å². The molecule has 1 fully saturated rings. The van der Waals surface area contributed by atoms with Gasteiger partial charge in [0, 0.05) is 26.2 Å². The van der Waals surface area contributed by atoms with Gasteiger partial charge in [0.15, 0.2) is 0 Å². The van der Waals surface area contributed by atoms with Crippen molar-refractivity contribution in [2.45, 2.75) is 19.9 Å². The van der Waals surface area contributed by atoms with Crippen molar-refractivity contribution < 1.29 is 9.59 Å². The van der Waals surface area contributed by atoms with Crippen molar-refractivity contribution in [3.63, 3.8) is 0 Å². The normalized spacial score (nSPS) is 16.7. The molecule has 2 heterocycles. The number of thiophene rings is 1. The van der Waals surface area contributed by atoms with E-state index in [0.29, 0.717) is 13.1 Å². The number of piperazine rings is 1. The van der Waals surface area contributed by atoms with Gasteiger partial charge in [0.1, 0.15) is 0 Å². The van der Waals surface area contributed by atoms with E-state index in [9.17, 15) is 9.59 Å². The standard InChI is InChI=1S/C15H24N4O2S/c1-11(2)14(16)15(21)17-10-12(20)18-5-7-19(8-6-18)13-4-3-9-22-13/h3-4,9,11,14H,5-8,10,16H2,1-2H3,(H,17,21)/t14-/m0/s1. The number of amides is 2. The van der Waals surface area contributed by atoms with Crippen LogP contribution < -0.4 is 16.0 Å². The number of rotatable bonds is 5. The molecule has 2 amide bonds. The number of hydrogen-bond acceptors (Lipinski definition) is 5. The Bertz CT molecular complexity index is 496. The first-order chi connectivity index (χ1) is 10.5. The summed E-state index contributed by atoms with van der Waals surface area (Å²) in [5.74, 6) is -0.250. The van der Waals surface area contributed by atoms with Gasteiger partial charge in [-0.1, -0.05) is 13.8 Å². The Hall–Kier alpha value is -1.60. The maximum absolute atomic E-state index is 12.1. The molecule has 7 heteroatoms. The van der Waals surface area contributed by atoms with Crippen LogP contribution in [0.4, 0.5) is 5.00 Å². The van der Waals surface area contributed by atoms with Crippen LogP contribution in [0.3, 0.4) is 0 Å². The van der Waals surface area contributed by atoms with Crippen molar-refractivity contribution in [1.82, 2.24) is 10.2 Å². The lowest BCUT2D eigenvalue weighted by Crippen LogP contribution is -2.52. The number of nitrogens with two attached hydrogens (primary N) is 1. The largest absolute Gasteiger partial charge is 0.360 e. The monoisotopic (exact) mass is 324 g/mol. The number of nitrogens with zero attached hydrogens (tertiary/aromatic N) is 2. The highest BCUT2D eigenvalue weighted by molar-refractivity contribution is 7.14. The molecule has 22 heavy (non-hydrogen) atoms. The average molecular weight is 324 g/mol. The number of carbonyl (C=O) groups excluding carboxylic acids is 2. The highest BCUT2D eigenvalue weighted by Gasteiger charge is 2.23. The highest BCUT2D eigenvalue weighted by Crippen LogP contribution is 2.22. The van der Waals surface area contributed by atoms with E-state index in [4.69, 9.17) is 5.73 Å². The maximum atomic E-state index is 12.1. The summed E-state index contributed by atoms with van der Waals surface area (Å²) >= 11 is 1.71. The Kier molecular flexibility index (Phi) is 5.79. The van der Waals surface area contributed by atoms with Crippen LogP contribution >= 0.6 is 11.3 Å². The van der Waals surface area contributed by atoms with Gasteiger partial charge >= 0.3 is 0 Å². The summed E-state index contributed by atoms with van der Waals surface area (Å²) in [6, 6.07) is 3.56. The van der Waals surface area contributed by atoms with E-state index in [2.05, 4.69) is 21.7 Å². The molecular formula is C15H24N4O2S. The van der Waals surface area contributed by atoms with Gasteiger partial charge < -0.3 is 20.9 Å². The van der Waals surface area contributed by atoms with Gasteiger partial charge in [-0.05, 0) is 23.4 Å². The van der Waals surface area contributed by atoms with Gasteiger partial charge in [-0.2, -0.15) is 0 Å². The molecule has 6 nitrogen and oxygen atoms in total. The van der Waals surface area contributed by atoms with Crippen LogP contribution in [0.15, 0.2) is 17.5 Å². The zero-order valence-electron chi connectivity index (χ0n) is 13.1. The predicted octanol–water partition coefficient (Wildman–Crippen LogP) is 0.496. The predicted molar refractivity (Wildman–Crippen MR) is 88.9 cm³/mol. The van der Waals surface area contributed by atoms with Crippen LogP contribution in [0.25, 0.3) is 0 Å². The molecule has 0 radical (unpaired) electrons. The first-order valence-electron chi connectivity index (χ1n) is 7.58. The number of nitrogens with one attached hydrogen (secondary N) is 1. The minimum atomic E-state index is -0.566. The average Bonchev–Trinajstić information content (AvgIpc) is 3.06. The van der Waals surface area contributed by atoms with Crippen LogP contribution in [0, 0.1) is 5.92 Å². The lowest BCUT2D eigenvalue weighted by Gasteiger charge is -2.35. The second-order valence-corrected chi connectivity index (χ2v) is 6.73. The molecule has 1 aliphatic rings. The van der Waals surface area contributed by atoms with Crippen molar-refractivity contribution in [3.05, 3.63) is 17.5 Å². The van der Waals surface area contributed by atoms with E-state index in [1.807, 2.05) is 19.9 Å². The maximum Gasteiger partial charge on any atom is 0.242 e. The van der Waals surface area contributed by atoms with Crippen LogP contribution in [0.1, 0.15) is 13.8 Å². The molecule has 1 aromatic rings. The van der Waals surface area contributed by atoms with Crippen LogP contribution in [-0.2, 0) is 9.59 Å². The van der Waals surface area contributed by atoms with E-state index >= 15 is 0 Å². The number of carbonyl (C=O) groups is 2. The lowest BCUT2D eigenvalue weighted by molar-refractivity contribution is -0.133. The van der Waals surface area contributed by atoms with Crippen LogP contribution in [0.5, 0.6) is 0 Å². The summed E-state index contributed by atoms with van der Waals surface area (Å²) in [5.41, 5.74) is 5.75. The minimum absolute atomic E-state index is 0.0260. The molecule has 0 unspecified atom stereocenters. The van der Waals surface area contributed by atoms with Gasteiger partial charge in [-0.15, -0.1) is 11.3 Å². The molecule has 122 valence electrons. The van der Waals surface area contributed by atoms with E-state index in [-0.39, 0.29) is 24.3 Å². The van der Waals surface area contributed by atoms with Crippen molar-refractivity contribution in [1.29, 1.82) is 0 Å². The zero-order valence-corrected chi connectivity index (χ0v) is 13.9. The zero-order chi connectivity index (χ0) is 16.1. The molecule has 0 saturated carbocycles. The third-order valence-electron chi connectivity index (χ3n) is 3.89. The summed E-state index contributed by atoms with van der Waals surface area (Å²) in [5, 5.41) is 5.93. The van der Waals surface area contributed by atoms with E-state index in [1.54, 1.807) is 16.2 Å². The second kappa shape index (κ2) is 7.60. The molecule has 0 bridgehead atoms. The highest BCUT2D eigenvalue weighted by atomic mass is 32.1. The summed E-state index contributed by atoms with van der Waals surface area (Å²) in [6.45, 7) is 6.81. The number of anilines is 1. The van der Waals surface area contributed by atoms with Gasteiger partial charge in [0.2, 0.25) is 11.8 Å². The van der Waals surface area contributed by atoms with Gasteiger partial charge in [-0.3, -0.25) is 9.59 Å². The Morgan fingerprint density at radius 2 is 2.00 bits per heavy atom. The van der Waals surface area contributed by atoms with Crippen molar-refractivity contribution >= 4 is 28.2 Å². The van der Waals surface area contributed by atoms with E-state index in [0.717, 1.165) is 13.1 Å². The van der Waals surface area contributed by atoms with E-state index in [1.165, 1.54) is 5.00 Å². The van der Waals surface area contributed by atoms with Crippen LogP contribution in [0.2, 0.25) is 0 Å². The topological polar surface area (TPSA) is 78.7 Å². The Labute approximate surface area is 135 Å². The SMILES string of the molecule is CC(C)[C@H](N)C(=O)NCC(=O)N1CCN(c2cccs2)CC1.